The van der Waals surface area contributed by atoms with Gasteiger partial charge in [-0.3, -0.25) is 0 Å². The second-order valence-electron chi connectivity index (χ2n) is 12.2. The van der Waals surface area contributed by atoms with Crippen LogP contribution in [0.15, 0.2) is 0 Å². The lowest BCUT2D eigenvalue weighted by molar-refractivity contribution is -0.205. The van der Waals surface area contributed by atoms with Crippen LogP contribution in [0.25, 0.3) is 0 Å². The molecule has 0 spiro atoms. The molecule has 7 unspecified atom stereocenters. The van der Waals surface area contributed by atoms with E-state index < -0.39 is 17.9 Å². The quantitative estimate of drug-likeness (QED) is 0.367. The Bertz CT molecular complexity index is 672. The SMILES string of the molecule is C#C.CC.CC.CC12CC[C@](C)(O)CC1CCC1C2CCC2(C)C(CCCC(O)C(F)(F)F)CC[C@@H]12. The number of aliphatic hydroxyl groups excluding tert-OH is 1. The van der Waals surface area contributed by atoms with Crippen LogP contribution in [0.3, 0.4) is 0 Å². The summed E-state index contributed by atoms with van der Waals surface area (Å²) in [5.41, 5.74) is 0.106. The number of fused-ring (bicyclic) bond motifs is 5. The first-order valence-electron chi connectivity index (χ1n) is 14.7. The van der Waals surface area contributed by atoms with Crippen LogP contribution >= 0.6 is 0 Å². The highest BCUT2D eigenvalue weighted by molar-refractivity contribution is 5.10. The van der Waals surface area contributed by atoms with Crippen molar-refractivity contribution in [3.05, 3.63) is 0 Å². The summed E-state index contributed by atoms with van der Waals surface area (Å²) in [7, 11) is 0. The summed E-state index contributed by atoms with van der Waals surface area (Å²) in [4.78, 5) is 0. The normalized spacial score (nSPS) is 41.9. The molecule has 2 nitrogen and oxygen atoms in total. The number of rotatable bonds is 4. The summed E-state index contributed by atoms with van der Waals surface area (Å²) >= 11 is 0. The van der Waals surface area contributed by atoms with Crippen molar-refractivity contribution in [2.75, 3.05) is 0 Å². The first kappa shape index (κ1) is 33.3. The van der Waals surface area contributed by atoms with E-state index in [1.807, 2.05) is 34.6 Å². The molecule has 0 aromatic rings. The van der Waals surface area contributed by atoms with Crippen LogP contribution in [-0.2, 0) is 0 Å². The summed E-state index contributed by atoms with van der Waals surface area (Å²) in [6, 6.07) is 0. The largest absolute Gasteiger partial charge is 0.414 e. The van der Waals surface area contributed by atoms with Gasteiger partial charge in [0.15, 0.2) is 0 Å². The van der Waals surface area contributed by atoms with Gasteiger partial charge in [-0.05, 0) is 118 Å². The van der Waals surface area contributed by atoms with E-state index in [1.54, 1.807) is 0 Å². The predicted octanol–water partition coefficient (Wildman–Crippen LogP) is 8.79. The first-order chi connectivity index (χ1) is 16.9. The van der Waals surface area contributed by atoms with E-state index >= 15 is 0 Å². The molecule has 5 heteroatoms. The van der Waals surface area contributed by atoms with Crippen LogP contribution in [0.4, 0.5) is 13.2 Å². The highest BCUT2D eigenvalue weighted by atomic mass is 19.4. The molecule has 0 bridgehead atoms. The highest BCUT2D eigenvalue weighted by Gasteiger charge is 2.60. The van der Waals surface area contributed by atoms with E-state index in [2.05, 4.69) is 26.7 Å². The number of aliphatic hydroxyl groups is 2. The van der Waals surface area contributed by atoms with Gasteiger partial charge in [0.1, 0.15) is 6.10 Å². The fourth-order valence-corrected chi connectivity index (χ4v) is 8.74. The standard InChI is InChI=1S/C25H41F3O2.2C2H6.C2H2/c1-22(30)13-14-24(3)17(15-22)7-9-18-19-10-8-16(23(19,2)12-11-20(18)24)5-4-6-21(29)25(26,27)28;3*1-2/h16-21,29-30H,4-15H2,1-3H3;2*1-2H3;1-2H/t16?,17?,18?,19-,20?,21?,22-,23?,24?;;;/m0.../s1. The Morgan fingerprint density at radius 1 is 0.833 bits per heavy atom. The zero-order chi connectivity index (χ0) is 27.9. The molecule has 36 heavy (non-hydrogen) atoms. The maximum atomic E-state index is 12.6. The lowest BCUT2D eigenvalue weighted by atomic mass is 9.44. The fourth-order valence-electron chi connectivity index (χ4n) is 8.74. The molecular weight excluding hydrogens is 461 g/mol. The van der Waals surface area contributed by atoms with Crippen LogP contribution in [-0.4, -0.2) is 28.1 Å². The van der Waals surface area contributed by atoms with E-state index in [-0.39, 0.29) is 11.8 Å². The van der Waals surface area contributed by atoms with Gasteiger partial charge in [-0.1, -0.05) is 48.0 Å². The Labute approximate surface area is 220 Å². The average molecular weight is 517 g/mol. The van der Waals surface area contributed by atoms with Crippen molar-refractivity contribution in [1.29, 1.82) is 0 Å². The second kappa shape index (κ2) is 13.4. The van der Waals surface area contributed by atoms with E-state index in [9.17, 15) is 23.4 Å². The van der Waals surface area contributed by atoms with Crippen LogP contribution in [0.1, 0.15) is 126 Å². The number of hydrogen-bond donors (Lipinski definition) is 2. The van der Waals surface area contributed by atoms with Gasteiger partial charge in [0.2, 0.25) is 0 Å². The molecular formula is C31H55F3O2. The number of alkyl halides is 3. The average Bonchev–Trinajstić information content (AvgIpc) is 3.19. The molecule has 0 aromatic carbocycles. The summed E-state index contributed by atoms with van der Waals surface area (Å²) < 4.78 is 37.9. The van der Waals surface area contributed by atoms with Gasteiger partial charge in [0.25, 0.3) is 0 Å². The number of hydrogen-bond acceptors (Lipinski definition) is 2. The lowest BCUT2D eigenvalue weighted by Gasteiger charge is -2.62. The monoisotopic (exact) mass is 516 g/mol. The van der Waals surface area contributed by atoms with E-state index in [0.717, 1.165) is 43.9 Å². The maximum Gasteiger partial charge on any atom is 0.414 e. The van der Waals surface area contributed by atoms with Crippen LogP contribution in [0, 0.1) is 53.3 Å². The van der Waals surface area contributed by atoms with Crippen LogP contribution in [0.2, 0.25) is 0 Å². The Morgan fingerprint density at radius 3 is 2.00 bits per heavy atom. The molecule has 4 fully saturated rings. The van der Waals surface area contributed by atoms with Crippen molar-refractivity contribution in [3.63, 3.8) is 0 Å². The van der Waals surface area contributed by atoms with Crippen molar-refractivity contribution in [2.45, 2.75) is 143 Å². The molecule has 0 aliphatic heterocycles. The Balaban J connectivity index is 0.00000101. The second-order valence-corrected chi connectivity index (χ2v) is 12.2. The lowest BCUT2D eigenvalue weighted by Crippen LogP contribution is -2.55. The maximum absolute atomic E-state index is 12.6. The van der Waals surface area contributed by atoms with Crippen molar-refractivity contribution in [1.82, 2.24) is 0 Å². The Kier molecular flexibility index (Phi) is 12.4. The molecule has 4 saturated carbocycles. The minimum absolute atomic E-state index is 0.160. The zero-order valence-corrected chi connectivity index (χ0v) is 24.1. The molecule has 0 aromatic heterocycles. The van der Waals surface area contributed by atoms with E-state index in [4.69, 9.17) is 0 Å². The molecule has 4 rings (SSSR count). The topological polar surface area (TPSA) is 40.5 Å². The molecule has 9 atom stereocenters. The molecule has 2 N–H and O–H groups in total. The Morgan fingerprint density at radius 2 is 1.42 bits per heavy atom. The van der Waals surface area contributed by atoms with Crippen molar-refractivity contribution >= 4 is 0 Å². The van der Waals surface area contributed by atoms with Crippen molar-refractivity contribution in [2.24, 2.45) is 40.4 Å². The first-order valence-corrected chi connectivity index (χ1v) is 14.7. The molecule has 4 aliphatic rings. The van der Waals surface area contributed by atoms with E-state index in [1.165, 1.54) is 32.1 Å². The smallest absolute Gasteiger partial charge is 0.390 e. The minimum atomic E-state index is -4.49. The van der Waals surface area contributed by atoms with Gasteiger partial charge in [0, 0.05) is 0 Å². The van der Waals surface area contributed by atoms with Gasteiger partial charge < -0.3 is 10.2 Å². The third kappa shape index (κ3) is 6.82. The predicted molar refractivity (Wildman–Crippen MR) is 144 cm³/mol. The van der Waals surface area contributed by atoms with Gasteiger partial charge in [-0.25, -0.2) is 0 Å². The molecule has 0 radical (unpaired) electrons. The van der Waals surface area contributed by atoms with Gasteiger partial charge in [-0.2, -0.15) is 13.2 Å². The Hall–Kier alpha value is -0.730. The summed E-state index contributed by atoms with van der Waals surface area (Å²) in [6.07, 6.45) is 12.8. The van der Waals surface area contributed by atoms with Crippen LogP contribution in [0.5, 0.6) is 0 Å². The summed E-state index contributed by atoms with van der Waals surface area (Å²) in [6.45, 7) is 14.9. The highest BCUT2D eigenvalue weighted by Crippen LogP contribution is 2.68. The molecule has 212 valence electrons. The van der Waals surface area contributed by atoms with Gasteiger partial charge in [-0.15, -0.1) is 12.8 Å². The fraction of sp³-hybridized carbons (Fsp3) is 0.935. The third-order valence-electron chi connectivity index (χ3n) is 10.6. The zero-order valence-electron chi connectivity index (χ0n) is 24.1. The molecule has 0 heterocycles. The van der Waals surface area contributed by atoms with Crippen molar-refractivity contribution < 1.29 is 23.4 Å². The minimum Gasteiger partial charge on any atom is -0.390 e. The number of halogens is 3. The molecule has 0 saturated heterocycles. The molecule has 0 amide bonds. The number of terminal acetylenes is 1. The third-order valence-corrected chi connectivity index (χ3v) is 10.6. The van der Waals surface area contributed by atoms with E-state index in [0.29, 0.717) is 29.6 Å². The van der Waals surface area contributed by atoms with Crippen LogP contribution < -0.4 is 0 Å². The molecule has 4 aliphatic carbocycles. The van der Waals surface area contributed by atoms with Crippen molar-refractivity contribution in [3.8, 4) is 12.8 Å². The van der Waals surface area contributed by atoms with Gasteiger partial charge >= 0.3 is 6.18 Å². The summed E-state index contributed by atoms with van der Waals surface area (Å²) in [5.74, 6) is 3.33. The van der Waals surface area contributed by atoms with Gasteiger partial charge in [0.05, 0.1) is 5.60 Å². The summed E-state index contributed by atoms with van der Waals surface area (Å²) in [5, 5.41) is 20.0.